The van der Waals surface area contributed by atoms with Crippen LogP contribution in [0.15, 0.2) is 188 Å². The van der Waals surface area contributed by atoms with E-state index in [9.17, 15) is 0 Å². The number of hydrogen-bond donors (Lipinski definition) is 1. The smallest absolute Gasteiger partial charge is 0.119 e. The third-order valence-electron chi connectivity index (χ3n) is 12.2. The van der Waals surface area contributed by atoms with Crippen molar-refractivity contribution in [3.63, 3.8) is 0 Å². The summed E-state index contributed by atoms with van der Waals surface area (Å²) in [4.78, 5) is 9.46. The summed E-state index contributed by atoms with van der Waals surface area (Å²) >= 11 is 0. The van der Waals surface area contributed by atoms with Gasteiger partial charge in [0.15, 0.2) is 0 Å². The molecule has 1 aliphatic heterocycles. The molecule has 268 valence electrons. The summed E-state index contributed by atoms with van der Waals surface area (Å²) in [5.41, 5.74) is 17.2. The van der Waals surface area contributed by atoms with Crippen LogP contribution in [0.1, 0.15) is 27.8 Å². The summed E-state index contributed by atoms with van der Waals surface area (Å²) in [6.45, 7) is 0.805. The Hall–Kier alpha value is -7.50. The minimum Gasteiger partial charge on any atom is -0.367 e. The molecule has 0 saturated heterocycles. The fraction of sp³-hybridized carbons (Fsp3) is 0.0385. The molecule has 0 radical (unpaired) electrons. The summed E-state index contributed by atoms with van der Waals surface area (Å²) in [7, 11) is 0. The average Bonchev–Trinajstić information content (AvgIpc) is 3.92. The van der Waals surface area contributed by atoms with Gasteiger partial charge in [-0.05, 0) is 81.4 Å². The number of nitrogens with one attached hydrogen (secondary N) is 1. The molecule has 0 unspecified atom stereocenters. The van der Waals surface area contributed by atoms with E-state index in [1.54, 1.807) is 0 Å². The molecule has 6 aromatic carbocycles. The fourth-order valence-corrected chi connectivity index (χ4v) is 9.82. The summed E-state index contributed by atoms with van der Waals surface area (Å²) in [6, 6.07) is 59.9. The van der Waals surface area contributed by atoms with Crippen molar-refractivity contribution in [3.8, 4) is 33.6 Å². The molecule has 10 aromatic rings. The molecule has 1 aliphatic carbocycles. The largest absolute Gasteiger partial charge is 0.367 e. The van der Waals surface area contributed by atoms with E-state index in [0.29, 0.717) is 0 Å². The number of benzene rings is 6. The SMILES string of the molecule is C1=Cc2c(n(-c3ccc(-c4ccc(-n5c6cccnc6c6ccc7c(c65)-c5ccccc5C7(c5ccccc5)c5ccccc5)cc4)cc3)c3cnccc23)NC1. The van der Waals surface area contributed by atoms with Gasteiger partial charge in [-0.1, -0.05) is 133 Å². The molecule has 2 aliphatic rings. The summed E-state index contributed by atoms with van der Waals surface area (Å²) < 4.78 is 4.72. The predicted octanol–water partition coefficient (Wildman–Crippen LogP) is 12.0. The van der Waals surface area contributed by atoms with Crippen LogP contribution in [0.25, 0.3) is 72.5 Å². The Morgan fingerprint density at radius 2 is 1.23 bits per heavy atom. The molecule has 0 atom stereocenters. The molecule has 5 heterocycles. The lowest BCUT2D eigenvalue weighted by Gasteiger charge is -2.33. The third kappa shape index (κ3) is 4.45. The summed E-state index contributed by atoms with van der Waals surface area (Å²) in [5.74, 6) is 1.11. The van der Waals surface area contributed by atoms with E-state index in [1.165, 1.54) is 49.8 Å². The zero-order chi connectivity index (χ0) is 37.5. The lowest BCUT2D eigenvalue weighted by Crippen LogP contribution is -2.28. The summed E-state index contributed by atoms with van der Waals surface area (Å²) in [5, 5.41) is 5.94. The van der Waals surface area contributed by atoms with Crippen molar-refractivity contribution < 1.29 is 0 Å². The second-order valence-electron chi connectivity index (χ2n) is 15.0. The first kappa shape index (κ1) is 31.8. The molecule has 5 heteroatoms. The van der Waals surface area contributed by atoms with Gasteiger partial charge in [-0.3, -0.25) is 14.5 Å². The Labute approximate surface area is 329 Å². The highest BCUT2D eigenvalue weighted by molar-refractivity contribution is 6.14. The van der Waals surface area contributed by atoms with Gasteiger partial charge in [-0.2, -0.15) is 0 Å². The average molecular weight is 730 g/mol. The Morgan fingerprint density at radius 3 is 1.96 bits per heavy atom. The maximum Gasteiger partial charge on any atom is 0.119 e. The monoisotopic (exact) mass is 729 g/mol. The van der Waals surface area contributed by atoms with Crippen LogP contribution < -0.4 is 5.32 Å². The lowest BCUT2D eigenvalue weighted by molar-refractivity contribution is 0.769. The molecular formula is C52H35N5. The maximum atomic E-state index is 4.99. The number of hydrogen-bond acceptors (Lipinski definition) is 3. The predicted molar refractivity (Wildman–Crippen MR) is 233 cm³/mol. The van der Waals surface area contributed by atoms with Crippen LogP contribution in [0, 0.1) is 0 Å². The van der Waals surface area contributed by atoms with E-state index in [4.69, 9.17) is 4.98 Å². The van der Waals surface area contributed by atoms with E-state index >= 15 is 0 Å². The normalized spacial score (nSPS) is 13.8. The Balaban J connectivity index is 1.03. The highest BCUT2D eigenvalue weighted by Crippen LogP contribution is 2.58. The Morgan fingerprint density at radius 1 is 0.544 bits per heavy atom. The molecule has 0 saturated carbocycles. The van der Waals surface area contributed by atoms with E-state index in [2.05, 4.69) is 189 Å². The minimum atomic E-state index is -0.483. The van der Waals surface area contributed by atoms with E-state index in [-0.39, 0.29) is 0 Å². The molecule has 0 amide bonds. The number of anilines is 1. The van der Waals surface area contributed by atoms with Crippen LogP contribution in [0.5, 0.6) is 0 Å². The molecule has 57 heavy (non-hydrogen) atoms. The first-order valence-electron chi connectivity index (χ1n) is 19.5. The van der Waals surface area contributed by atoms with Gasteiger partial charge in [0.2, 0.25) is 0 Å². The highest BCUT2D eigenvalue weighted by atomic mass is 15.1. The van der Waals surface area contributed by atoms with Crippen molar-refractivity contribution in [2.24, 2.45) is 0 Å². The van der Waals surface area contributed by atoms with Crippen molar-refractivity contribution in [3.05, 3.63) is 216 Å². The zero-order valence-corrected chi connectivity index (χ0v) is 31.0. The number of nitrogens with zero attached hydrogens (tertiary/aromatic N) is 4. The van der Waals surface area contributed by atoms with Gasteiger partial charge in [0.05, 0.1) is 33.7 Å². The van der Waals surface area contributed by atoms with Gasteiger partial charge in [0.1, 0.15) is 5.82 Å². The molecule has 0 bridgehead atoms. The van der Waals surface area contributed by atoms with Gasteiger partial charge >= 0.3 is 0 Å². The van der Waals surface area contributed by atoms with E-state index in [0.717, 1.165) is 56.8 Å². The molecular weight excluding hydrogens is 695 g/mol. The van der Waals surface area contributed by atoms with Crippen molar-refractivity contribution in [1.29, 1.82) is 0 Å². The highest BCUT2D eigenvalue weighted by Gasteiger charge is 2.47. The Bertz CT molecular complexity index is 3170. The number of aromatic nitrogens is 4. The lowest BCUT2D eigenvalue weighted by atomic mass is 9.67. The van der Waals surface area contributed by atoms with Crippen LogP contribution in [-0.4, -0.2) is 25.6 Å². The molecule has 0 fully saturated rings. The number of fused-ring (bicyclic) bond motifs is 10. The van der Waals surface area contributed by atoms with Crippen molar-refractivity contribution in [2.45, 2.75) is 5.41 Å². The van der Waals surface area contributed by atoms with Crippen molar-refractivity contribution in [2.75, 3.05) is 11.9 Å². The molecule has 0 spiro atoms. The van der Waals surface area contributed by atoms with Crippen LogP contribution >= 0.6 is 0 Å². The fourth-order valence-electron chi connectivity index (χ4n) is 9.82. The second kappa shape index (κ2) is 12.3. The van der Waals surface area contributed by atoms with Gasteiger partial charge in [-0.25, -0.2) is 0 Å². The van der Waals surface area contributed by atoms with Gasteiger partial charge < -0.3 is 9.88 Å². The van der Waals surface area contributed by atoms with Gasteiger partial charge in [-0.15, -0.1) is 0 Å². The maximum absolute atomic E-state index is 4.99. The quantitative estimate of drug-likeness (QED) is 0.192. The summed E-state index contributed by atoms with van der Waals surface area (Å²) in [6.07, 6.45) is 10.1. The minimum absolute atomic E-state index is 0.483. The topological polar surface area (TPSA) is 47.7 Å². The van der Waals surface area contributed by atoms with Gasteiger partial charge in [0, 0.05) is 52.2 Å². The molecule has 1 N–H and O–H groups in total. The molecule has 4 aromatic heterocycles. The van der Waals surface area contributed by atoms with Crippen LogP contribution in [0.2, 0.25) is 0 Å². The Kier molecular flexibility index (Phi) is 6.84. The zero-order valence-electron chi connectivity index (χ0n) is 31.0. The first-order chi connectivity index (χ1) is 28.3. The van der Waals surface area contributed by atoms with Crippen LogP contribution in [-0.2, 0) is 5.41 Å². The van der Waals surface area contributed by atoms with Crippen molar-refractivity contribution in [1.82, 2.24) is 19.1 Å². The van der Waals surface area contributed by atoms with Crippen LogP contribution in [0.4, 0.5) is 5.82 Å². The standard InChI is InChI=1S/C52H35N5/c1-3-11-36(12-4-1)52(37-13-5-2-6-14-37)44-17-8-7-15-42(44)48-45(52)28-27-43-49-46(18-10-30-54-49)56(50(43)48)38-23-19-34(20-24-38)35-21-25-39(26-22-35)57-47-33-53-32-29-40(47)41-16-9-31-55-51(41)57/h1-30,32-33,55H,31H2. The van der Waals surface area contributed by atoms with E-state index < -0.39 is 5.41 Å². The molecule has 12 rings (SSSR count). The van der Waals surface area contributed by atoms with Gasteiger partial charge in [0.25, 0.3) is 0 Å². The van der Waals surface area contributed by atoms with Crippen molar-refractivity contribution >= 4 is 44.7 Å². The second-order valence-corrected chi connectivity index (χ2v) is 15.0. The number of rotatable bonds is 5. The van der Waals surface area contributed by atoms with E-state index in [1.807, 2.05) is 24.7 Å². The first-order valence-corrected chi connectivity index (χ1v) is 19.5. The van der Waals surface area contributed by atoms with Crippen LogP contribution in [0.3, 0.4) is 0 Å². The third-order valence-corrected chi connectivity index (χ3v) is 12.2. The number of pyridine rings is 2. The molecule has 5 nitrogen and oxygen atoms in total.